The van der Waals surface area contributed by atoms with Gasteiger partial charge in [-0.05, 0) is 19.1 Å². The van der Waals surface area contributed by atoms with Crippen LogP contribution < -0.4 is 15.0 Å². The maximum absolute atomic E-state index is 12.4. The first-order chi connectivity index (χ1) is 15.5. The predicted molar refractivity (Wildman–Crippen MR) is 121 cm³/mol. The van der Waals surface area contributed by atoms with Crippen LogP contribution in [0.3, 0.4) is 0 Å². The summed E-state index contributed by atoms with van der Waals surface area (Å²) in [6.45, 7) is 1.55. The molecule has 0 radical (unpaired) electrons. The van der Waals surface area contributed by atoms with Gasteiger partial charge in [0.25, 0.3) is 11.8 Å². The van der Waals surface area contributed by atoms with E-state index in [0.29, 0.717) is 16.6 Å². The van der Waals surface area contributed by atoms with Crippen LogP contribution in [-0.4, -0.2) is 42.0 Å². The molecular formula is C23H21N3O5S. The second-order valence-corrected chi connectivity index (χ2v) is 7.94. The lowest BCUT2D eigenvalue weighted by molar-refractivity contribution is -0.153. The number of aromatic nitrogens is 1. The fourth-order valence-corrected chi connectivity index (χ4v) is 3.91. The highest BCUT2D eigenvalue weighted by atomic mass is 32.1. The standard InChI is InChI=1S/C23H21N3O5S/c1-15(22(29)25-23-24-17(14-32-23)16-7-3-2-4-8-16)31-21(28)11-12-26-18-9-5-6-10-19(18)30-13-20(26)27/h2-10,14-15H,11-13H2,1H3,(H,24,25,29). The van der Waals surface area contributed by atoms with Gasteiger partial charge < -0.3 is 14.4 Å². The molecule has 8 nitrogen and oxygen atoms in total. The number of rotatable bonds is 7. The van der Waals surface area contributed by atoms with Crippen LogP contribution in [0.5, 0.6) is 5.75 Å². The molecule has 32 heavy (non-hydrogen) atoms. The molecule has 1 unspecified atom stereocenters. The molecule has 2 aromatic carbocycles. The van der Waals surface area contributed by atoms with E-state index in [1.54, 1.807) is 18.2 Å². The van der Waals surface area contributed by atoms with Crippen molar-refractivity contribution in [3.8, 4) is 17.0 Å². The van der Waals surface area contributed by atoms with E-state index in [-0.39, 0.29) is 25.5 Å². The van der Waals surface area contributed by atoms with Crippen molar-refractivity contribution in [2.24, 2.45) is 0 Å². The Balaban J connectivity index is 1.29. The van der Waals surface area contributed by atoms with Crippen molar-refractivity contribution in [2.75, 3.05) is 23.4 Å². The number of para-hydroxylation sites is 2. The number of thiazole rings is 1. The van der Waals surface area contributed by atoms with Crippen LogP contribution in [0.25, 0.3) is 11.3 Å². The maximum Gasteiger partial charge on any atom is 0.308 e. The smallest absolute Gasteiger partial charge is 0.308 e. The number of esters is 1. The zero-order valence-electron chi connectivity index (χ0n) is 17.3. The molecule has 0 saturated heterocycles. The first kappa shape index (κ1) is 21.5. The third-order valence-corrected chi connectivity index (χ3v) is 5.59. The van der Waals surface area contributed by atoms with Gasteiger partial charge in [-0.2, -0.15) is 0 Å². The van der Waals surface area contributed by atoms with E-state index in [0.717, 1.165) is 11.3 Å². The van der Waals surface area contributed by atoms with Crippen LogP contribution in [-0.2, 0) is 19.1 Å². The van der Waals surface area contributed by atoms with E-state index in [4.69, 9.17) is 9.47 Å². The van der Waals surface area contributed by atoms with Crippen LogP contribution in [0.15, 0.2) is 60.0 Å². The zero-order chi connectivity index (χ0) is 22.5. The number of amides is 2. The highest BCUT2D eigenvalue weighted by Crippen LogP contribution is 2.31. The second-order valence-electron chi connectivity index (χ2n) is 7.08. The fourth-order valence-electron chi connectivity index (χ4n) is 3.19. The lowest BCUT2D eigenvalue weighted by Gasteiger charge is -2.29. The average Bonchev–Trinajstić information content (AvgIpc) is 3.27. The predicted octanol–water partition coefficient (Wildman–Crippen LogP) is 3.50. The Hall–Kier alpha value is -3.72. The Labute approximate surface area is 188 Å². The van der Waals surface area contributed by atoms with Crippen molar-refractivity contribution in [1.29, 1.82) is 0 Å². The van der Waals surface area contributed by atoms with Gasteiger partial charge in [-0.25, -0.2) is 4.98 Å². The van der Waals surface area contributed by atoms with E-state index in [2.05, 4.69) is 10.3 Å². The third-order valence-electron chi connectivity index (χ3n) is 4.83. The van der Waals surface area contributed by atoms with E-state index in [1.165, 1.54) is 23.2 Å². The van der Waals surface area contributed by atoms with Crippen LogP contribution >= 0.6 is 11.3 Å². The van der Waals surface area contributed by atoms with Crippen molar-refractivity contribution in [2.45, 2.75) is 19.4 Å². The number of carbonyl (C=O) groups is 3. The van der Waals surface area contributed by atoms with Gasteiger partial charge in [0.15, 0.2) is 17.8 Å². The first-order valence-corrected chi connectivity index (χ1v) is 10.9. The number of fused-ring (bicyclic) bond motifs is 1. The molecule has 4 rings (SSSR count). The van der Waals surface area contributed by atoms with Gasteiger partial charge in [-0.1, -0.05) is 42.5 Å². The van der Waals surface area contributed by atoms with E-state index in [9.17, 15) is 14.4 Å². The minimum absolute atomic E-state index is 0.0485. The van der Waals surface area contributed by atoms with E-state index < -0.39 is 18.0 Å². The second kappa shape index (κ2) is 9.61. The number of carbonyl (C=O) groups excluding carboxylic acids is 3. The molecule has 0 aliphatic carbocycles. The van der Waals surface area contributed by atoms with Gasteiger partial charge in [0.1, 0.15) is 5.75 Å². The normalized spacial score (nSPS) is 13.7. The molecule has 1 aliphatic rings. The summed E-state index contributed by atoms with van der Waals surface area (Å²) in [5.41, 5.74) is 2.31. The molecule has 164 valence electrons. The van der Waals surface area contributed by atoms with Gasteiger partial charge >= 0.3 is 5.97 Å². The number of nitrogens with one attached hydrogen (secondary N) is 1. The molecule has 1 N–H and O–H groups in total. The number of hydrogen-bond donors (Lipinski definition) is 1. The molecule has 9 heteroatoms. The zero-order valence-corrected chi connectivity index (χ0v) is 18.1. The minimum atomic E-state index is -1.00. The lowest BCUT2D eigenvalue weighted by atomic mass is 10.2. The lowest BCUT2D eigenvalue weighted by Crippen LogP contribution is -2.40. The molecule has 1 aromatic heterocycles. The first-order valence-electron chi connectivity index (χ1n) is 10.0. The summed E-state index contributed by atoms with van der Waals surface area (Å²) in [6, 6.07) is 16.7. The van der Waals surface area contributed by atoms with E-state index >= 15 is 0 Å². The summed E-state index contributed by atoms with van der Waals surface area (Å²) in [4.78, 5) is 42.8. The van der Waals surface area contributed by atoms with Gasteiger partial charge in [-0.15, -0.1) is 11.3 Å². The summed E-state index contributed by atoms with van der Waals surface area (Å²) in [6.07, 6.45) is -1.05. The Morgan fingerprint density at radius 3 is 2.75 bits per heavy atom. The van der Waals surface area contributed by atoms with Gasteiger partial charge in [0, 0.05) is 17.5 Å². The highest BCUT2D eigenvalue weighted by molar-refractivity contribution is 7.14. The van der Waals surface area contributed by atoms with Gasteiger partial charge in [-0.3, -0.25) is 19.7 Å². The SMILES string of the molecule is CC(OC(=O)CCN1C(=O)COc2ccccc21)C(=O)Nc1nc(-c2ccccc2)cs1. The topological polar surface area (TPSA) is 97.8 Å². The molecule has 0 fully saturated rings. The van der Waals surface area contributed by atoms with Gasteiger partial charge in [0.05, 0.1) is 17.8 Å². The molecule has 0 spiro atoms. The summed E-state index contributed by atoms with van der Waals surface area (Å²) >= 11 is 1.29. The molecular weight excluding hydrogens is 430 g/mol. The molecule has 3 aromatic rings. The minimum Gasteiger partial charge on any atom is -0.482 e. The summed E-state index contributed by atoms with van der Waals surface area (Å²) < 4.78 is 10.6. The van der Waals surface area contributed by atoms with Crippen molar-refractivity contribution in [1.82, 2.24) is 4.98 Å². The van der Waals surface area contributed by atoms with Crippen LogP contribution in [0.4, 0.5) is 10.8 Å². The Bertz CT molecular complexity index is 1130. The summed E-state index contributed by atoms with van der Waals surface area (Å²) in [5, 5.41) is 4.94. The molecule has 1 atom stereocenters. The number of benzene rings is 2. The molecule has 2 heterocycles. The quantitative estimate of drug-likeness (QED) is 0.552. The summed E-state index contributed by atoms with van der Waals surface area (Å²) in [7, 11) is 0. The van der Waals surface area contributed by atoms with Gasteiger partial charge in [0.2, 0.25) is 0 Å². The van der Waals surface area contributed by atoms with Crippen LogP contribution in [0.2, 0.25) is 0 Å². The van der Waals surface area contributed by atoms with Crippen molar-refractivity contribution in [3.05, 3.63) is 60.0 Å². The van der Waals surface area contributed by atoms with Crippen molar-refractivity contribution < 1.29 is 23.9 Å². The van der Waals surface area contributed by atoms with Crippen LogP contribution in [0, 0.1) is 0 Å². The summed E-state index contributed by atoms with van der Waals surface area (Å²) in [5.74, 6) is -0.694. The van der Waals surface area contributed by atoms with E-state index in [1.807, 2.05) is 41.8 Å². The number of ether oxygens (including phenoxy) is 2. The fraction of sp³-hybridized carbons (Fsp3) is 0.217. The maximum atomic E-state index is 12.4. The average molecular weight is 452 g/mol. The molecule has 2 amide bonds. The third kappa shape index (κ3) is 4.94. The Morgan fingerprint density at radius 2 is 1.94 bits per heavy atom. The van der Waals surface area contributed by atoms with Crippen LogP contribution in [0.1, 0.15) is 13.3 Å². The van der Waals surface area contributed by atoms with Crippen molar-refractivity contribution in [3.63, 3.8) is 0 Å². The molecule has 0 bridgehead atoms. The number of hydrogen-bond acceptors (Lipinski definition) is 7. The molecule has 1 aliphatic heterocycles. The largest absolute Gasteiger partial charge is 0.482 e. The molecule has 0 saturated carbocycles. The number of anilines is 2. The van der Waals surface area contributed by atoms with Crippen molar-refractivity contribution >= 4 is 39.9 Å². The highest BCUT2D eigenvalue weighted by Gasteiger charge is 2.26. The monoisotopic (exact) mass is 451 g/mol. The Morgan fingerprint density at radius 1 is 1.19 bits per heavy atom. The Kier molecular flexibility index (Phi) is 6.46. The number of nitrogens with zero attached hydrogens (tertiary/aromatic N) is 2.